The molecule has 82 valence electrons. The minimum absolute atomic E-state index is 0.0161. The maximum absolute atomic E-state index is 12.3. The van der Waals surface area contributed by atoms with E-state index in [2.05, 4.69) is 0 Å². The van der Waals surface area contributed by atoms with Gasteiger partial charge in [0.05, 0.1) is 12.2 Å². The van der Waals surface area contributed by atoms with Crippen LogP contribution < -0.4 is 0 Å². The Kier molecular flexibility index (Phi) is 3.77. The molecule has 1 aromatic rings. The maximum atomic E-state index is 12.3. The minimum atomic E-state index is -4.41. The van der Waals surface area contributed by atoms with Crippen molar-refractivity contribution in [3.05, 3.63) is 40.4 Å². The second-order valence-corrected chi connectivity index (χ2v) is 3.29. The van der Waals surface area contributed by atoms with Crippen LogP contribution in [0.15, 0.2) is 24.3 Å². The molecule has 0 fully saturated rings. The Balaban J connectivity index is 3.11. The molecular weight excluding hydrogens is 229 g/mol. The molecule has 1 nitrogen and oxygen atoms in total. The van der Waals surface area contributed by atoms with E-state index in [1.165, 1.54) is 18.2 Å². The first-order chi connectivity index (χ1) is 6.93. The van der Waals surface area contributed by atoms with Gasteiger partial charge in [-0.1, -0.05) is 23.8 Å². The Morgan fingerprint density at radius 1 is 1.27 bits per heavy atom. The fraction of sp³-hybridized carbons (Fsp3) is 0.200. The smallest absolute Gasteiger partial charge is 0.392 e. The lowest BCUT2D eigenvalue weighted by atomic mass is 10.1. The van der Waals surface area contributed by atoms with E-state index in [0.29, 0.717) is 5.56 Å². The van der Waals surface area contributed by atoms with Gasteiger partial charge in [0.15, 0.2) is 0 Å². The molecule has 1 aromatic carbocycles. The molecule has 0 aliphatic carbocycles. The summed E-state index contributed by atoms with van der Waals surface area (Å²) in [5, 5.41) is 8.50. The normalized spacial score (nSPS) is 12.3. The predicted octanol–water partition coefficient (Wildman–Crippen LogP) is 3.36. The number of aliphatic hydroxyl groups is 1. The van der Waals surface area contributed by atoms with Gasteiger partial charge < -0.3 is 5.11 Å². The zero-order valence-electron chi connectivity index (χ0n) is 7.55. The van der Waals surface area contributed by atoms with Crippen LogP contribution in [0.1, 0.15) is 11.1 Å². The second kappa shape index (κ2) is 4.68. The first-order valence-corrected chi connectivity index (χ1v) is 4.46. The zero-order valence-corrected chi connectivity index (χ0v) is 8.31. The highest BCUT2D eigenvalue weighted by atomic mass is 35.5. The molecule has 0 amide bonds. The van der Waals surface area contributed by atoms with Crippen molar-refractivity contribution in [2.75, 3.05) is 6.61 Å². The maximum Gasteiger partial charge on any atom is 0.416 e. The Morgan fingerprint density at radius 2 is 1.93 bits per heavy atom. The Labute approximate surface area is 89.8 Å². The molecule has 0 bridgehead atoms. The summed E-state index contributed by atoms with van der Waals surface area (Å²) in [7, 11) is 0. The third kappa shape index (κ3) is 3.57. The quantitative estimate of drug-likeness (QED) is 0.835. The average Bonchev–Trinajstić information content (AvgIpc) is 2.12. The largest absolute Gasteiger partial charge is 0.416 e. The zero-order chi connectivity index (χ0) is 11.5. The van der Waals surface area contributed by atoms with Gasteiger partial charge in [-0.15, -0.1) is 0 Å². The van der Waals surface area contributed by atoms with Crippen molar-refractivity contribution in [3.8, 4) is 0 Å². The van der Waals surface area contributed by atoms with Gasteiger partial charge in [0.25, 0.3) is 0 Å². The van der Waals surface area contributed by atoms with Gasteiger partial charge in [-0.3, -0.25) is 0 Å². The Hall–Kier alpha value is -1.00. The SMILES string of the molecule is OC/C=C/c1cc(Cl)cc(C(F)(F)F)c1. The van der Waals surface area contributed by atoms with Crippen molar-refractivity contribution in [2.45, 2.75) is 6.18 Å². The van der Waals surface area contributed by atoms with Crippen molar-refractivity contribution in [3.63, 3.8) is 0 Å². The molecule has 0 atom stereocenters. The highest BCUT2D eigenvalue weighted by Crippen LogP contribution is 2.32. The average molecular weight is 237 g/mol. The van der Waals surface area contributed by atoms with Crippen LogP contribution in [0.25, 0.3) is 6.08 Å². The van der Waals surface area contributed by atoms with E-state index in [1.54, 1.807) is 0 Å². The lowest BCUT2D eigenvalue weighted by Gasteiger charge is -2.07. The molecule has 1 rings (SSSR count). The van der Waals surface area contributed by atoms with Gasteiger partial charge in [0.1, 0.15) is 0 Å². The molecular formula is C10H8ClF3O. The minimum Gasteiger partial charge on any atom is -0.392 e. The van der Waals surface area contributed by atoms with E-state index in [4.69, 9.17) is 16.7 Å². The van der Waals surface area contributed by atoms with Crippen LogP contribution in [-0.2, 0) is 6.18 Å². The first-order valence-electron chi connectivity index (χ1n) is 4.08. The molecule has 0 radical (unpaired) electrons. The number of rotatable bonds is 2. The van der Waals surface area contributed by atoms with Crippen LogP contribution in [-0.4, -0.2) is 11.7 Å². The second-order valence-electron chi connectivity index (χ2n) is 2.86. The molecule has 0 unspecified atom stereocenters. The summed E-state index contributed by atoms with van der Waals surface area (Å²) in [4.78, 5) is 0. The lowest BCUT2D eigenvalue weighted by Crippen LogP contribution is -2.04. The summed E-state index contributed by atoms with van der Waals surface area (Å²) >= 11 is 5.54. The monoisotopic (exact) mass is 236 g/mol. The standard InChI is InChI=1S/C10H8ClF3O/c11-9-5-7(2-1-3-15)4-8(6-9)10(12,13)14/h1-2,4-6,15H,3H2/b2-1+. The van der Waals surface area contributed by atoms with E-state index in [-0.39, 0.29) is 11.6 Å². The summed E-state index contributed by atoms with van der Waals surface area (Å²) in [6.07, 6.45) is -1.69. The van der Waals surface area contributed by atoms with E-state index in [1.807, 2.05) is 0 Å². The molecule has 0 saturated heterocycles. The Bertz CT molecular complexity index is 371. The van der Waals surface area contributed by atoms with Crippen molar-refractivity contribution in [1.82, 2.24) is 0 Å². The molecule has 1 N–H and O–H groups in total. The van der Waals surface area contributed by atoms with Gasteiger partial charge in [0.2, 0.25) is 0 Å². The fourth-order valence-corrected chi connectivity index (χ4v) is 1.30. The van der Waals surface area contributed by atoms with Crippen LogP contribution in [0.2, 0.25) is 5.02 Å². The van der Waals surface area contributed by atoms with Crippen molar-refractivity contribution < 1.29 is 18.3 Å². The summed E-state index contributed by atoms with van der Waals surface area (Å²) in [5.41, 5.74) is -0.489. The molecule has 0 aromatic heterocycles. The third-order valence-electron chi connectivity index (χ3n) is 1.66. The summed E-state index contributed by atoms with van der Waals surface area (Å²) in [5.74, 6) is 0. The highest BCUT2D eigenvalue weighted by Gasteiger charge is 2.30. The van der Waals surface area contributed by atoms with E-state index in [0.717, 1.165) is 12.1 Å². The molecule has 0 aliphatic rings. The number of hydrogen-bond donors (Lipinski definition) is 1. The predicted molar refractivity (Wildman–Crippen MR) is 52.6 cm³/mol. The number of aliphatic hydroxyl groups excluding tert-OH is 1. The van der Waals surface area contributed by atoms with E-state index < -0.39 is 11.7 Å². The van der Waals surface area contributed by atoms with Crippen LogP contribution in [0.5, 0.6) is 0 Å². The highest BCUT2D eigenvalue weighted by molar-refractivity contribution is 6.30. The van der Waals surface area contributed by atoms with E-state index in [9.17, 15) is 13.2 Å². The lowest BCUT2D eigenvalue weighted by molar-refractivity contribution is -0.137. The molecule has 5 heteroatoms. The first kappa shape index (κ1) is 12.1. The van der Waals surface area contributed by atoms with Crippen molar-refractivity contribution in [1.29, 1.82) is 0 Å². The van der Waals surface area contributed by atoms with Gasteiger partial charge in [-0.05, 0) is 23.8 Å². The molecule has 0 saturated carbocycles. The van der Waals surface area contributed by atoms with Gasteiger partial charge in [-0.2, -0.15) is 13.2 Å². The molecule has 0 aliphatic heterocycles. The topological polar surface area (TPSA) is 20.2 Å². The van der Waals surface area contributed by atoms with Crippen molar-refractivity contribution >= 4 is 17.7 Å². The molecule has 0 spiro atoms. The number of benzene rings is 1. The van der Waals surface area contributed by atoms with Gasteiger partial charge in [0, 0.05) is 5.02 Å². The third-order valence-corrected chi connectivity index (χ3v) is 1.88. The number of halogens is 4. The molecule has 0 heterocycles. The number of alkyl halides is 3. The van der Waals surface area contributed by atoms with Crippen molar-refractivity contribution in [2.24, 2.45) is 0 Å². The number of hydrogen-bond acceptors (Lipinski definition) is 1. The van der Waals surface area contributed by atoms with Crippen LogP contribution in [0.3, 0.4) is 0 Å². The van der Waals surface area contributed by atoms with Gasteiger partial charge >= 0.3 is 6.18 Å². The van der Waals surface area contributed by atoms with E-state index >= 15 is 0 Å². The molecule has 15 heavy (non-hydrogen) atoms. The fourth-order valence-electron chi connectivity index (χ4n) is 1.06. The van der Waals surface area contributed by atoms with Gasteiger partial charge in [-0.25, -0.2) is 0 Å². The summed E-state index contributed by atoms with van der Waals surface area (Å²) in [6.45, 7) is -0.228. The van der Waals surface area contributed by atoms with Crippen LogP contribution in [0, 0.1) is 0 Å². The van der Waals surface area contributed by atoms with Crippen LogP contribution in [0.4, 0.5) is 13.2 Å². The van der Waals surface area contributed by atoms with Crippen LogP contribution >= 0.6 is 11.6 Å². The summed E-state index contributed by atoms with van der Waals surface area (Å²) in [6, 6.07) is 3.22. The summed E-state index contributed by atoms with van der Waals surface area (Å²) < 4.78 is 37.0. The Morgan fingerprint density at radius 3 is 2.47 bits per heavy atom.